The van der Waals surface area contributed by atoms with Gasteiger partial charge in [-0.25, -0.2) is 14.6 Å². The number of hydrogen-bond donors (Lipinski definition) is 1. The van der Waals surface area contributed by atoms with Crippen molar-refractivity contribution in [3.63, 3.8) is 0 Å². The Morgan fingerprint density at radius 3 is 2.36 bits per heavy atom. The number of carbonyl (C=O) groups is 1. The molecule has 0 aliphatic rings. The van der Waals surface area contributed by atoms with Crippen molar-refractivity contribution >= 4 is 23.4 Å². The maximum Gasteiger partial charge on any atom is 0.573 e. The van der Waals surface area contributed by atoms with Crippen LogP contribution in [-0.4, -0.2) is 37.2 Å². The highest BCUT2D eigenvalue weighted by Crippen LogP contribution is 2.26. The van der Waals surface area contributed by atoms with Crippen LogP contribution in [0.25, 0.3) is 5.69 Å². The second kappa shape index (κ2) is 9.69. The Kier molecular flexibility index (Phi) is 6.54. The second-order valence-corrected chi connectivity index (χ2v) is 7.42. The van der Waals surface area contributed by atoms with Gasteiger partial charge in [-0.3, -0.25) is 4.79 Å². The van der Waals surface area contributed by atoms with Crippen molar-refractivity contribution < 1.29 is 22.7 Å². The summed E-state index contributed by atoms with van der Waals surface area (Å²) < 4.78 is 42.4. The van der Waals surface area contributed by atoms with E-state index in [9.17, 15) is 18.0 Å². The summed E-state index contributed by atoms with van der Waals surface area (Å²) in [6.07, 6.45) is -1.57. The fourth-order valence-corrected chi connectivity index (χ4v) is 3.60. The number of carbonyl (C=O) groups excluding carboxylic acids is 1. The van der Waals surface area contributed by atoms with Gasteiger partial charge in [-0.15, -0.1) is 18.3 Å². The van der Waals surface area contributed by atoms with Gasteiger partial charge in [0, 0.05) is 23.8 Å². The highest BCUT2D eigenvalue weighted by atomic mass is 32.2. The van der Waals surface area contributed by atoms with E-state index in [0.29, 0.717) is 22.3 Å². The van der Waals surface area contributed by atoms with E-state index in [-0.39, 0.29) is 11.4 Å². The van der Waals surface area contributed by atoms with E-state index >= 15 is 0 Å². The van der Waals surface area contributed by atoms with Gasteiger partial charge in [0.25, 0.3) is 5.91 Å². The number of para-hydroxylation sites is 1. The molecule has 0 fully saturated rings. The fourth-order valence-electron chi connectivity index (χ4n) is 2.81. The molecule has 0 spiro atoms. The van der Waals surface area contributed by atoms with E-state index in [1.165, 1.54) is 23.9 Å². The van der Waals surface area contributed by atoms with Gasteiger partial charge in [0.15, 0.2) is 10.9 Å². The van der Waals surface area contributed by atoms with Crippen LogP contribution < -0.4 is 10.1 Å². The number of hydrogen-bond acceptors (Lipinski definition) is 7. The second-order valence-electron chi connectivity index (χ2n) is 6.48. The molecular weight excluding hydrogens is 457 g/mol. The molecule has 0 unspecified atom stereocenters. The number of nitrogens with zero attached hydrogens (tertiary/aromatic N) is 5. The number of thioether (sulfide) groups is 1. The predicted molar refractivity (Wildman–Crippen MR) is 114 cm³/mol. The maximum absolute atomic E-state index is 12.9. The number of amides is 1. The highest BCUT2D eigenvalue weighted by molar-refractivity contribution is 7.98. The molecule has 0 aliphatic carbocycles. The molecule has 1 amide bonds. The van der Waals surface area contributed by atoms with Crippen molar-refractivity contribution in [2.45, 2.75) is 17.3 Å². The summed E-state index contributed by atoms with van der Waals surface area (Å²) >= 11 is 1.31. The normalized spacial score (nSPS) is 11.2. The first-order chi connectivity index (χ1) is 15.9. The largest absolute Gasteiger partial charge is 0.573 e. The van der Waals surface area contributed by atoms with Gasteiger partial charge in [0.1, 0.15) is 5.75 Å². The monoisotopic (exact) mass is 472 g/mol. The lowest BCUT2D eigenvalue weighted by atomic mass is 10.2. The maximum atomic E-state index is 12.9. The summed E-state index contributed by atoms with van der Waals surface area (Å²) in [5.74, 6) is -0.658. The zero-order valence-electron chi connectivity index (χ0n) is 16.7. The van der Waals surface area contributed by atoms with Gasteiger partial charge in [0.05, 0.1) is 11.4 Å². The molecule has 12 heteroatoms. The van der Waals surface area contributed by atoms with Crippen molar-refractivity contribution in [1.29, 1.82) is 0 Å². The Morgan fingerprint density at radius 1 is 1.00 bits per heavy atom. The lowest BCUT2D eigenvalue weighted by Gasteiger charge is -2.10. The summed E-state index contributed by atoms with van der Waals surface area (Å²) in [5, 5.41) is 11.3. The van der Waals surface area contributed by atoms with Gasteiger partial charge in [0.2, 0.25) is 0 Å². The molecule has 0 saturated carbocycles. The van der Waals surface area contributed by atoms with Crippen molar-refractivity contribution in [2.24, 2.45) is 0 Å². The molecule has 8 nitrogen and oxygen atoms in total. The molecule has 2 heterocycles. The fraction of sp³-hybridized carbons (Fsp3) is 0.0952. The van der Waals surface area contributed by atoms with Crippen LogP contribution >= 0.6 is 11.8 Å². The van der Waals surface area contributed by atoms with Gasteiger partial charge < -0.3 is 10.1 Å². The van der Waals surface area contributed by atoms with Gasteiger partial charge >= 0.3 is 6.36 Å². The number of anilines is 1. The SMILES string of the molecule is O=C(Nc1ccc(OC(F)(F)F)cc1)c1nnn(-c2ccccc2)c1CSc1ncccn1. The molecule has 33 heavy (non-hydrogen) atoms. The first-order valence-electron chi connectivity index (χ1n) is 9.46. The third kappa shape index (κ3) is 5.86. The summed E-state index contributed by atoms with van der Waals surface area (Å²) in [7, 11) is 0. The van der Waals surface area contributed by atoms with Crippen LogP contribution in [0.4, 0.5) is 18.9 Å². The number of aromatic nitrogens is 5. The molecule has 0 saturated heterocycles. The number of alkyl halides is 3. The zero-order valence-corrected chi connectivity index (χ0v) is 17.5. The Labute approximate surface area is 189 Å². The van der Waals surface area contributed by atoms with Gasteiger partial charge in [-0.05, 0) is 42.5 Å². The van der Waals surface area contributed by atoms with Gasteiger partial charge in [-0.2, -0.15) is 0 Å². The molecule has 0 radical (unpaired) electrons. The predicted octanol–water partition coefficient (Wildman–Crippen LogP) is 4.50. The number of halogens is 3. The van der Waals surface area contributed by atoms with E-state index in [2.05, 4.69) is 30.3 Å². The van der Waals surface area contributed by atoms with Crippen molar-refractivity contribution in [3.05, 3.63) is 84.4 Å². The molecule has 0 aliphatic heterocycles. The third-order valence-electron chi connectivity index (χ3n) is 4.20. The first-order valence-corrected chi connectivity index (χ1v) is 10.4. The standard InChI is InChI=1S/C21H15F3N6O2S/c22-21(23,24)32-16-9-7-14(8-10-16)27-19(31)18-17(13-33-20-25-11-4-12-26-20)30(29-28-18)15-5-2-1-3-6-15/h1-12H,13H2,(H,27,31). The van der Waals surface area contributed by atoms with Crippen LogP contribution in [0.15, 0.2) is 78.2 Å². The highest BCUT2D eigenvalue weighted by Gasteiger charge is 2.31. The number of ether oxygens (including phenoxy) is 1. The summed E-state index contributed by atoms with van der Waals surface area (Å²) in [4.78, 5) is 21.3. The van der Waals surface area contributed by atoms with Crippen molar-refractivity contribution in [1.82, 2.24) is 25.0 Å². The van der Waals surface area contributed by atoms with Crippen molar-refractivity contribution in [3.8, 4) is 11.4 Å². The minimum Gasteiger partial charge on any atom is -0.406 e. The third-order valence-corrected chi connectivity index (χ3v) is 5.09. The first kappa shape index (κ1) is 22.3. The van der Waals surface area contributed by atoms with E-state index in [4.69, 9.17) is 0 Å². The lowest BCUT2D eigenvalue weighted by Crippen LogP contribution is -2.17. The number of nitrogens with one attached hydrogen (secondary N) is 1. The average Bonchev–Trinajstić information content (AvgIpc) is 3.23. The smallest absolute Gasteiger partial charge is 0.406 e. The molecule has 4 aromatic rings. The molecule has 4 rings (SSSR count). The molecule has 0 bridgehead atoms. The Hall–Kier alpha value is -3.93. The van der Waals surface area contributed by atoms with Crippen LogP contribution in [0.5, 0.6) is 5.75 Å². The van der Waals surface area contributed by atoms with Crippen LogP contribution in [0.3, 0.4) is 0 Å². The van der Waals surface area contributed by atoms with E-state index < -0.39 is 18.0 Å². The van der Waals surface area contributed by atoms with E-state index in [1.807, 2.05) is 30.3 Å². The summed E-state index contributed by atoms with van der Waals surface area (Å²) in [6, 6.07) is 15.7. The van der Waals surface area contributed by atoms with E-state index in [1.54, 1.807) is 23.1 Å². The summed E-state index contributed by atoms with van der Waals surface area (Å²) in [6.45, 7) is 0. The molecule has 168 valence electrons. The van der Waals surface area contributed by atoms with Crippen LogP contribution in [0.2, 0.25) is 0 Å². The zero-order chi connectivity index (χ0) is 23.3. The number of benzene rings is 2. The van der Waals surface area contributed by atoms with Crippen LogP contribution in [0, 0.1) is 0 Å². The average molecular weight is 472 g/mol. The molecule has 0 atom stereocenters. The topological polar surface area (TPSA) is 94.8 Å². The Morgan fingerprint density at radius 2 is 1.70 bits per heavy atom. The van der Waals surface area contributed by atoms with Gasteiger partial charge in [-0.1, -0.05) is 35.2 Å². The summed E-state index contributed by atoms with van der Waals surface area (Å²) in [5.41, 5.74) is 1.56. The minimum absolute atomic E-state index is 0.0675. The van der Waals surface area contributed by atoms with E-state index in [0.717, 1.165) is 12.1 Å². The molecule has 2 aromatic heterocycles. The Bertz CT molecular complexity index is 1220. The quantitative estimate of drug-likeness (QED) is 0.313. The van der Waals surface area contributed by atoms with Crippen molar-refractivity contribution in [2.75, 3.05) is 5.32 Å². The minimum atomic E-state index is -4.80. The number of rotatable bonds is 7. The molecule has 1 N–H and O–H groups in total. The molecule has 2 aromatic carbocycles. The van der Waals surface area contributed by atoms with Crippen LogP contribution in [0.1, 0.15) is 16.2 Å². The van der Waals surface area contributed by atoms with Crippen LogP contribution in [-0.2, 0) is 5.75 Å². The Balaban J connectivity index is 1.57. The molecular formula is C21H15F3N6O2S. The lowest BCUT2D eigenvalue weighted by molar-refractivity contribution is -0.274.